The number of methoxy groups -OCH3 is 2. The maximum atomic E-state index is 12.1. The zero-order valence-electron chi connectivity index (χ0n) is 11.8. The SMILES string of the molecule is CNC(=O)[C@@H](C)NS(=O)(=O)c1ccc(OC)c(OC)c1. The Morgan fingerprint density at radius 2 is 1.80 bits per heavy atom. The molecule has 8 heteroatoms. The molecule has 1 rings (SSSR count). The third kappa shape index (κ3) is 3.61. The summed E-state index contributed by atoms with van der Waals surface area (Å²) in [5.41, 5.74) is 0. The van der Waals surface area contributed by atoms with E-state index in [4.69, 9.17) is 9.47 Å². The summed E-state index contributed by atoms with van der Waals surface area (Å²) < 4.78 is 36.6. The summed E-state index contributed by atoms with van der Waals surface area (Å²) in [6.07, 6.45) is 0. The molecule has 0 aliphatic heterocycles. The fourth-order valence-electron chi connectivity index (χ4n) is 1.55. The Morgan fingerprint density at radius 1 is 1.20 bits per heavy atom. The molecule has 1 amide bonds. The summed E-state index contributed by atoms with van der Waals surface area (Å²) in [7, 11) is 0.483. The molecule has 7 nitrogen and oxygen atoms in total. The third-order valence-electron chi connectivity index (χ3n) is 2.64. The van der Waals surface area contributed by atoms with Crippen molar-refractivity contribution >= 4 is 15.9 Å². The maximum absolute atomic E-state index is 12.1. The second-order valence-corrected chi connectivity index (χ2v) is 5.69. The fourth-order valence-corrected chi connectivity index (χ4v) is 2.77. The van der Waals surface area contributed by atoms with E-state index in [9.17, 15) is 13.2 Å². The van der Waals surface area contributed by atoms with Crippen molar-refractivity contribution < 1.29 is 22.7 Å². The zero-order valence-corrected chi connectivity index (χ0v) is 12.6. The van der Waals surface area contributed by atoms with Crippen molar-refractivity contribution in [3.05, 3.63) is 18.2 Å². The second-order valence-electron chi connectivity index (χ2n) is 3.97. The zero-order chi connectivity index (χ0) is 15.3. The van der Waals surface area contributed by atoms with Crippen LogP contribution in [0.1, 0.15) is 6.92 Å². The van der Waals surface area contributed by atoms with Gasteiger partial charge in [-0.05, 0) is 19.1 Å². The molecule has 112 valence electrons. The number of nitrogens with one attached hydrogen (secondary N) is 2. The fraction of sp³-hybridized carbons (Fsp3) is 0.417. The van der Waals surface area contributed by atoms with Crippen LogP contribution in [-0.4, -0.2) is 41.6 Å². The molecule has 0 fully saturated rings. The van der Waals surface area contributed by atoms with Gasteiger partial charge in [0.25, 0.3) is 0 Å². The van der Waals surface area contributed by atoms with E-state index in [0.717, 1.165) is 0 Å². The molecule has 0 heterocycles. The number of likely N-dealkylation sites (N-methyl/N-ethyl adjacent to an activating group) is 1. The van der Waals surface area contributed by atoms with Gasteiger partial charge in [-0.25, -0.2) is 8.42 Å². The molecule has 0 saturated carbocycles. The molecule has 0 aliphatic rings. The Morgan fingerprint density at radius 3 is 2.30 bits per heavy atom. The van der Waals surface area contributed by atoms with Crippen LogP contribution in [-0.2, 0) is 14.8 Å². The minimum atomic E-state index is -3.82. The van der Waals surface area contributed by atoms with Crippen molar-refractivity contribution in [1.82, 2.24) is 10.0 Å². The minimum absolute atomic E-state index is 0.00842. The van der Waals surface area contributed by atoms with Crippen molar-refractivity contribution in [3.8, 4) is 11.5 Å². The Hall–Kier alpha value is -1.80. The number of carbonyl (C=O) groups is 1. The van der Waals surface area contributed by atoms with E-state index >= 15 is 0 Å². The number of amides is 1. The van der Waals surface area contributed by atoms with Crippen molar-refractivity contribution in [2.75, 3.05) is 21.3 Å². The Labute approximate surface area is 118 Å². The van der Waals surface area contributed by atoms with Crippen LogP contribution in [0.25, 0.3) is 0 Å². The lowest BCUT2D eigenvalue weighted by Crippen LogP contribution is -2.43. The summed E-state index contributed by atoms with van der Waals surface area (Å²) in [6.45, 7) is 1.46. The number of hydrogen-bond donors (Lipinski definition) is 2. The van der Waals surface area contributed by atoms with Crippen molar-refractivity contribution in [2.45, 2.75) is 17.9 Å². The molecule has 0 unspecified atom stereocenters. The number of hydrogen-bond acceptors (Lipinski definition) is 5. The van der Waals surface area contributed by atoms with E-state index in [1.54, 1.807) is 0 Å². The first kappa shape index (κ1) is 16.3. The Balaban J connectivity index is 3.07. The van der Waals surface area contributed by atoms with Crippen LogP contribution in [0.15, 0.2) is 23.1 Å². The van der Waals surface area contributed by atoms with Gasteiger partial charge in [-0.15, -0.1) is 0 Å². The topological polar surface area (TPSA) is 93.7 Å². The molecule has 1 aromatic carbocycles. The van der Waals surface area contributed by atoms with E-state index in [1.165, 1.54) is 46.4 Å². The summed E-state index contributed by atoms with van der Waals surface area (Å²) in [6, 6.07) is 3.31. The predicted molar refractivity (Wildman–Crippen MR) is 73.4 cm³/mol. The largest absolute Gasteiger partial charge is 0.493 e. The molecule has 0 bridgehead atoms. The summed E-state index contributed by atoms with van der Waals surface area (Å²) in [5.74, 6) is 0.294. The van der Waals surface area contributed by atoms with Crippen molar-refractivity contribution in [1.29, 1.82) is 0 Å². The van der Waals surface area contributed by atoms with Crippen LogP contribution >= 0.6 is 0 Å². The lowest BCUT2D eigenvalue weighted by atomic mass is 10.3. The van der Waals surface area contributed by atoms with Gasteiger partial charge in [0.05, 0.1) is 25.2 Å². The predicted octanol–water partition coefficient (Wildman–Crippen LogP) is 0.117. The van der Waals surface area contributed by atoms with Gasteiger partial charge in [0, 0.05) is 13.1 Å². The molecule has 0 aromatic heterocycles. The number of carbonyl (C=O) groups excluding carboxylic acids is 1. The number of ether oxygens (including phenoxy) is 2. The molecule has 2 N–H and O–H groups in total. The quantitative estimate of drug-likeness (QED) is 0.778. The molecule has 0 aliphatic carbocycles. The standard InChI is InChI=1S/C12H18N2O5S/c1-8(12(15)13-2)14-20(16,17)9-5-6-10(18-3)11(7-9)19-4/h5-8,14H,1-4H3,(H,13,15)/t8-/m1/s1. The third-order valence-corrected chi connectivity index (χ3v) is 4.18. The molecule has 1 atom stereocenters. The molecule has 0 radical (unpaired) electrons. The van der Waals surface area contributed by atoms with E-state index in [0.29, 0.717) is 11.5 Å². The van der Waals surface area contributed by atoms with Crippen LogP contribution in [0.4, 0.5) is 0 Å². The monoisotopic (exact) mass is 302 g/mol. The van der Waals surface area contributed by atoms with Crippen molar-refractivity contribution in [2.24, 2.45) is 0 Å². The van der Waals surface area contributed by atoms with Crippen LogP contribution in [0.3, 0.4) is 0 Å². The Kier molecular flexibility index (Phi) is 5.34. The van der Waals surface area contributed by atoms with Crippen LogP contribution in [0.5, 0.6) is 11.5 Å². The first-order valence-electron chi connectivity index (χ1n) is 5.81. The number of rotatable bonds is 6. The number of sulfonamides is 1. The highest BCUT2D eigenvalue weighted by molar-refractivity contribution is 7.89. The molecule has 0 spiro atoms. The summed E-state index contributed by atoms with van der Waals surface area (Å²) >= 11 is 0. The highest BCUT2D eigenvalue weighted by Crippen LogP contribution is 2.29. The highest BCUT2D eigenvalue weighted by Gasteiger charge is 2.22. The normalized spacial score (nSPS) is 12.6. The van der Waals surface area contributed by atoms with Gasteiger partial charge in [-0.1, -0.05) is 0 Å². The maximum Gasteiger partial charge on any atom is 0.241 e. The highest BCUT2D eigenvalue weighted by atomic mass is 32.2. The average Bonchev–Trinajstić information content (AvgIpc) is 2.44. The molecule has 1 aromatic rings. The van der Waals surface area contributed by atoms with Crippen LogP contribution < -0.4 is 19.5 Å². The van der Waals surface area contributed by atoms with Crippen LogP contribution in [0, 0.1) is 0 Å². The molecule has 0 saturated heterocycles. The van der Waals surface area contributed by atoms with E-state index < -0.39 is 22.0 Å². The molecular weight excluding hydrogens is 284 g/mol. The van der Waals surface area contributed by atoms with Gasteiger partial charge in [0.2, 0.25) is 15.9 Å². The average molecular weight is 302 g/mol. The van der Waals surface area contributed by atoms with E-state index in [2.05, 4.69) is 10.0 Å². The van der Waals surface area contributed by atoms with E-state index in [-0.39, 0.29) is 4.90 Å². The van der Waals surface area contributed by atoms with Gasteiger partial charge in [0.1, 0.15) is 0 Å². The number of benzene rings is 1. The lowest BCUT2D eigenvalue weighted by Gasteiger charge is -2.14. The first-order chi connectivity index (χ1) is 9.35. The summed E-state index contributed by atoms with van der Waals surface area (Å²) in [4.78, 5) is 11.4. The molecule has 20 heavy (non-hydrogen) atoms. The van der Waals surface area contributed by atoms with Gasteiger partial charge < -0.3 is 14.8 Å². The summed E-state index contributed by atoms with van der Waals surface area (Å²) in [5, 5.41) is 2.37. The first-order valence-corrected chi connectivity index (χ1v) is 7.30. The smallest absolute Gasteiger partial charge is 0.241 e. The van der Waals surface area contributed by atoms with Gasteiger partial charge >= 0.3 is 0 Å². The Bertz CT molecular complexity index is 586. The van der Waals surface area contributed by atoms with Crippen molar-refractivity contribution in [3.63, 3.8) is 0 Å². The minimum Gasteiger partial charge on any atom is -0.493 e. The van der Waals surface area contributed by atoms with Gasteiger partial charge in [-0.3, -0.25) is 4.79 Å². The van der Waals surface area contributed by atoms with Gasteiger partial charge in [0.15, 0.2) is 11.5 Å². The van der Waals surface area contributed by atoms with E-state index in [1.807, 2.05) is 0 Å². The van der Waals surface area contributed by atoms with Gasteiger partial charge in [-0.2, -0.15) is 4.72 Å². The lowest BCUT2D eigenvalue weighted by molar-refractivity contribution is -0.121. The van der Waals surface area contributed by atoms with Crippen LogP contribution in [0.2, 0.25) is 0 Å². The second kappa shape index (κ2) is 6.58. The molecular formula is C12H18N2O5S.